The van der Waals surface area contributed by atoms with Crippen molar-refractivity contribution in [3.63, 3.8) is 0 Å². The lowest BCUT2D eigenvalue weighted by Gasteiger charge is -2.35. The molecule has 158 valence electrons. The second-order valence-corrected chi connectivity index (χ2v) is 7.99. The van der Waals surface area contributed by atoms with Crippen LogP contribution in [0, 0.1) is 5.92 Å². The zero-order chi connectivity index (χ0) is 20.4. The van der Waals surface area contributed by atoms with Crippen LogP contribution in [0.5, 0.6) is 5.75 Å². The summed E-state index contributed by atoms with van der Waals surface area (Å²) in [5.74, 6) is 2.20. The van der Waals surface area contributed by atoms with Crippen molar-refractivity contribution in [1.82, 2.24) is 20.4 Å². The molecule has 6 nitrogen and oxygen atoms in total. The number of nitrogens with zero attached hydrogens (tertiary/aromatic N) is 3. The molecule has 7 heteroatoms. The van der Waals surface area contributed by atoms with E-state index in [-0.39, 0.29) is 6.10 Å². The summed E-state index contributed by atoms with van der Waals surface area (Å²) in [5, 5.41) is 7.49. The van der Waals surface area contributed by atoms with Crippen LogP contribution in [0.25, 0.3) is 0 Å². The van der Waals surface area contributed by atoms with Crippen LogP contribution in [0.3, 0.4) is 0 Å². The monoisotopic (exact) mass is 409 g/mol. The molecule has 0 amide bonds. The van der Waals surface area contributed by atoms with Gasteiger partial charge in [-0.15, -0.1) is 0 Å². The van der Waals surface area contributed by atoms with E-state index >= 15 is 0 Å². The molecule has 2 rings (SSSR count). The van der Waals surface area contributed by atoms with Crippen LogP contribution in [-0.4, -0.2) is 81.3 Å². The number of hydrogen-bond donors (Lipinski definition) is 2. The Hall–Kier alpha value is -1.50. The summed E-state index contributed by atoms with van der Waals surface area (Å²) in [6, 6.07) is 7.43. The smallest absolute Gasteiger partial charge is 0.191 e. The standard InChI is InChI=1S/C21H36ClN5O/c1-5-26-10-12-27(13-11-26)16-17(2)14-24-21(23-4)25-15-18(3)28-20-8-6-19(22)7-9-20/h6-9,17-18H,5,10-16H2,1-4H3,(H2,23,24,25). The van der Waals surface area contributed by atoms with Gasteiger partial charge in [-0.2, -0.15) is 0 Å². The second kappa shape index (κ2) is 12.1. The van der Waals surface area contributed by atoms with Crippen LogP contribution in [0.2, 0.25) is 5.02 Å². The lowest BCUT2D eigenvalue weighted by molar-refractivity contribution is 0.124. The highest BCUT2D eigenvalue weighted by Crippen LogP contribution is 2.16. The number of benzene rings is 1. The van der Waals surface area contributed by atoms with Crippen LogP contribution < -0.4 is 15.4 Å². The Morgan fingerprint density at radius 1 is 1.07 bits per heavy atom. The van der Waals surface area contributed by atoms with E-state index in [9.17, 15) is 0 Å². The number of nitrogens with one attached hydrogen (secondary N) is 2. The molecule has 1 aliphatic heterocycles. The molecule has 0 bridgehead atoms. The van der Waals surface area contributed by atoms with Gasteiger partial charge >= 0.3 is 0 Å². The van der Waals surface area contributed by atoms with Gasteiger partial charge in [0.15, 0.2) is 5.96 Å². The maximum atomic E-state index is 5.91. The fraction of sp³-hybridized carbons (Fsp3) is 0.667. The number of piperazine rings is 1. The van der Waals surface area contributed by atoms with Crippen molar-refractivity contribution in [3.05, 3.63) is 29.3 Å². The zero-order valence-corrected chi connectivity index (χ0v) is 18.5. The van der Waals surface area contributed by atoms with Crippen LogP contribution in [0.1, 0.15) is 20.8 Å². The molecule has 0 spiro atoms. The summed E-state index contributed by atoms with van der Waals surface area (Å²) in [6.45, 7) is 15.1. The summed E-state index contributed by atoms with van der Waals surface area (Å²) in [5.41, 5.74) is 0. The van der Waals surface area contributed by atoms with Crippen LogP contribution in [-0.2, 0) is 0 Å². The minimum absolute atomic E-state index is 0.0204. The Morgan fingerprint density at radius 2 is 1.68 bits per heavy atom. The quantitative estimate of drug-likeness (QED) is 0.485. The van der Waals surface area contributed by atoms with Gasteiger partial charge in [0.25, 0.3) is 0 Å². The van der Waals surface area contributed by atoms with E-state index in [0.29, 0.717) is 17.5 Å². The van der Waals surface area contributed by atoms with Gasteiger partial charge in [0, 0.05) is 51.3 Å². The molecule has 1 aromatic carbocycles. The Balaban J connectivity index is 1.64. The topological polar surface area (TPSA) is 52.1 Å². The van der Waals surface area contributed by atoms with Crippen molar-refractivity contribution < 1.29 is 4.74 Å². The SMILES string of the molecule is CCN1CCN(CC(C)CNC(=NC)NCC(C)Oc2ccc(Cl)cc2)CC1. The number of rotatable bonds is 9. The molecular formula is C21H36ClN5O. The molecule has 0 aromatic heterocycles. The highest BCUT2D eigenvalue weighted by molar-refractivity contribution is 6.30. The first-order valence-electron chi connectivity index (χ1n) is 10.3. The molecule has 1 heterocycles. The molecule has 28 heavy (non-hydrogen) atoms. The maximum absolute atomic E-state index is 5.91. The van der Waals surface area contributed by atoms with E-state index in [1.807, 2.05) is 31.2 Å². The second-order valence-electron chi connectivity index (χ2n) is 7.56. The number of halogens is 1. The lowest BCUT2D eigenvalue weighted by Crippen LogP contribution is -2.49. The molecule has 2 unspecified atom stereocenters. The number of likely N-dealkylation sites (N-methyl/N-ethyl adjacent to an activating group) is 1. The van der Waals surface area contributed by atoms with E-state index in [1.165, 1.54) is 26.2 Å². The van der Waals surface area contributed by atoms with Crippen molar-refractivity contribution in [2.75, 3.05) is 59.4 Å². The fourth-order valence-corrected chi connectivity index (χ4v) is 3.44. The first-order chi connectivity index (χ1) is 13.5. The predicted molar refractivity (Wildman–Crippen MR) is 119 cm³/mol. The van der Waals surface area contributed by atoms with Crippen LogP contribution in [0.15, 0.2) is 29.3 Å². The summed E-state index contributed by atoms with van der Waals surface area (Å²) in [6.07, 6.45) is 0.0204. The van der Waals surface area contributed by atoms with E-state index in [2.05, 4.69) is 39.3 Å². The van der Waals surface area contributed by atoms with E-state index in [0.717, 1.165) is 31.3 Å². The molecule has 1 aliphatic rings. The van der Waals surface area contributed by atoms with E-state index < -0.39 is 0 Å². The molecule has 0 radical (unpaired) electrons. The summed E-state index contributed by atoms with van der Waals surface area (Å²) in [4.78, 5) is 9.40. The lowest BCUT2D eigenvalue weighted by atomic mass is 10.1. The third-order valence-corrected chi connectivity index (χ3v) is 5.28. The Morgan fingerprint density at radius 3 is 2.29 bits per heavy atom. The predicted octanol–water partition coefficient (Wildman–Crippen LogP) is 2.55. The van der Waals surface area contributed by atoms with E-state index in [1.54, 1.807) is 7.05 Å². The zero-order valence-electron chi connectivity index (χ0n) is 17.7. The highest BCUT2D eigenvalue weighted by atomic mass is 35.5. The molecular weight excluding hydrogens is 374 g/mol. The Bertz CT molecular complexity index is 587. The number of guanidine groups is 1. The molecule has 0 aliphatic carbocycles. The van der Waals surface area contributed by atoms with Gasteiger partial charge in [0.2, 0.25) is 0 Å². The largest absolute Gasteiger partial charge is 0.489 e. The molecule has 1 saturated heterocycles. The van der Waals surface area contributed by atoms with Gasteiger partial charge in [-0.25, -0.2) is 0 Å². The van der Waals surface area contributed by atoms with Crippen molar-refractivity contribution in [2.45, 2.75) is 26.9 Å². The minimum Gasteiger partial charge on any atom is -0.489 e. The summed E-state index contributed by atoms with van der Waals surface area (Å²) >= 11 is 5.91. The Labute approximate surface area is 175 Å². The number of ether oxygens (including phenoxy) is 1. The molecule has 2 N–H and O–H groups in total. The van der Waals surface area contributed by atoms with Gasteiger partial charge in [0.05, 0.1) is 6.54 Å². The van der Waals surface area contributed by atoms with Crippen molar-refractivity contribution >= 4 is 17.6 Å². The third-order valence-electron chi connectivity index (χ3n) is 5.03. The maximum Gasteiger partial charge on any atom is 0.191 e. The van der Waals surface area contributed by atoms with Gasteiger partial charge < -0.3 is 25.2 Å². The molecule has 1 aromatic rings. The van der Waals surface area contributed by atoms with Crippen molar-refractivity contribution in [1.29, 1.82) is 0 Å². The summed E-state index contributed by atoms with van der Waals surface area (Å²) < 4.78 is 5.89. The van der Waals surface area contributed by atoms with Gasteiger partial charge in [-0.05, 0) is 43.7 Å². The first-order valence-corrected chi connectivity index (χ1v) is 10.7. The van der Waals surface area contributed by atoms with Crippen LogP contribution >= 0.6 is 11.6 Å². The third kappa shape index (κ3) is 8.25. The average Bonchev–Trinajstić information content (AvgIpc) is 2.70. The average molecular weight is 410 g/mol. The van der Waals surface area contributed by atoms with Gasteiger partial charge in [-0.1, -0.05) is 25.4 Å². The number of hydrogen-bond acceptors (Lipinski definition) is 4. The van der Waals surface area contributed by atoms with Gasteiger partial charge in [0.1, 0.15) is 11.9 Å². The van der Waals surface area contributed by atoms with Crippen LogP contribution in [0.4, 0.5) is 0 Å². The first kappa shape index (κ1) is 22.8. The van der Waals surface area contributed by atoms with Crippen molar-refractivity contribution in [3.8, 4) is 5.75 Å². The normalized spacial score (nSPS) is 18.5. The fourth-order valence-electron chi connectivity index (χ4n) is 3.31. The minimum atomic E-state index is 0.0204. The molecule has 1 fully saturated rings. The highest BCUT2D eigenvalue weighted by Gasteiger charge is 2.17. The Kier molecular flexibility index (Phi) is 9.88. The number of aliphatic imine (C=N–C) groups is 1. The van der Waals surface area contributed by atoms with E-state index in [4.69, 9.17) is 16.3 Å². The molecule has 2 atom stereocenters. The van der Waals surface area contributed by atoms with Gasteiger partial charge in [-0.3, -0.25) is 4.99 Å². The summed E-state index contributed by atoms with van der Waals surface area (Å²) in [7, 11) is 1.80. The molecule has 0 saturated carbocycles. The van der Waals surface area contributed by atoms with Crippen molar-refractivity contribution in [2.24, 2.45) is 10.9 Å².